The van der Waals surface area contributed by atoms with Crippen LogP contribution in [-0.4, -0.2) is 19.6 Å². The number of halogens is 2. The number of nitrogens with two attached hydrogens (primary N) is 1. The number of benzene rings is 1. The topological polar surface area (TPSA) is 69.1 Å². The highest BCUT2D eigenvalue weighted by Gasteiger charge is 2.15. The molecule has 0 spiro atoms. The molecule has 0 radical (unpaired) electrons. The molecular formula is C12H9BrFN5. The van der Waals surface area contributed by atoms with Gasteiger partial charge in [-0.3, -0.25) is 0 Å². The molecule has 0 aliphatic carbocycles. The lowest BCUT2D eigenvalue weighted by Gasteiger charge is -2.06. The molecule has 0 unspecified atom stereocenters. The lowest BCUT2D eigenvalue weighted by Crippen LogP contribution is -2.02. The Morgan fingerprint density at radius 2 is 1.89 bits per heavy atom. The molecule has 7 heteroatoms. The summed E-state index contributed by atoms with van der Waals surface area (Å²) in [7, 11) is 0. The van der Waals surface area contributed by atoms with E-state index >= 15 is 0 Å². The SMILES string of the molecule is Cc1nc2c(-c3ccc(F)cc3)nc(N)c(Br)n2n1. The average molecular weight is 322 g/mol. The normalized spacial score (nSPS) is 11.1. The third kappa shape index (κ3) is 1.95. The van der Waals surface area contributed by atoms with E-state index in [9.17, 15) is 4.39 Å². The van der Waals surface area contributed by atoms with Gasteiger partial charge in [0, 0.05) is 5.56 Å². The first-order chi connectivity index (χ1) is 9.06. The molecule has 96 valence electrons. The Balaban J connectivity index is 2.34. The second-order valence-corrected chi connectivity index (χ2v) is 4.79. The van der Waals surface area contributed by atoms with E-state index in [1.165, 1.54) is 12.1 Å². The number of anilines is 1. The van der Waals surface area contributed by atoms with Crippen LogP contribution in [0.4, 0.5) is 10.2 Å². The number of aryl methyl sites for hydroxylation is 1. The van der Waals surface area contributed by atoms with E-state index in [0.717, 1.165) is 5.56 Å². The Morgan fingerprint density at radius 1 is 1.21 bits per heavy atom. The highest BCUT2D eigenvalue weighted by atomic mass is 79.9. The van der Waals surface area contributed by atoms with E-state index in [4.69, 9.17) is 5.73 Å². The minimum Gasteiger partial charge on any atom is -0.381 e. The van der Waals surface area contributed by atoms with Gasteiger partial charge < -0.3 is 5.73 Å². The number of hydrogen-bond donors (Lipinski definition) is 1. The second-order valence-electron chi connectivity index (χ2n) is 4.04. The van der Waals surface area contributed by atoms with Crippen molar-refractivity contribution >= 4 is 27.4 Å². The van der Waals surface area contributed by atoms with Crippen molar-refractivity contribution in [3.05, 3.63) is 40.5 Å². The third-order valence-corrected chi connectivity index (χ3v) is 3.41. The summed E-state index contributed by atoms with van der Waals surface area (Å²) in [5, 5.41) is 4.24. The lowest BCUT2D eigenvalue weighted by atomic mass is 10.1. The van der Waals surface area contributed by atoms with Crippen LogP contribution in [0.15, 0.2) is 28.9 Å². The maximum absolute atomic E-state index is 13.0. The number of hydrogen-bond acceptors (Lipinski definition) is 4. The Bertz CT molecular complexity index is 766. The second kappa shape index (κ2) is 4.27. The molecule has 3 rings (SSSR count). The van der Waals surface area contributed by atoms with Crippen molar-refractivity contribution in [2.75, 3.05) is 5.73 Å². The quantitative estimate of drug-likeness (QED) is 0.748. The molecule has 0 amide bonds. The smallest absolute Gasteiger partial charge is 0.183 e. The Kier molecular flexibility index (Phi) is 2.70. The van der Waals surface area contributed by atoms with E-state index in [-0.39, 0.29) is 5.82 Å². The van der Waals surface area contributed by atoms with Gasteiger partial charge in [-0.05, 0) is 47.1 Å². The van der Waals surface area contributed by atoms with Crippen molar-refractivity contribution in [1.29, 1.82) is 0 Å². The molecule has 0 bridgehead atoms. The number of rotatable bonds is 1. The zero-order valence-corrected chi connectivity index (χ0v) is 11.5. The van der Waals surface area contributed by atoms with E-state index in [1.54, 1.807) is 23.6 Å². The van der Waals surface area contributed by atoms with Gasteiger partial charge in [0.15, 0.2) is 16.1 Å². The number of fused-ring (bicyclic) bond motifs is 1. The number of nitrogens with zero attached hydrogens (tertiary/aromatic N) is 4. The maximum Gasteiger partial charge on any atom is 0.183 e. The number of nitrogen functional groups attached to an aromatic ring is 1. The van der Waals surface area contributed by atoms with Gasteiger partial charge in [-0.2, -0.15) is 5.10 Å². The summed E-state index contributed by atoms with van der Waals surface area (Å²) in [6, 6.07) is 6.01. The fourth-order valence-electron chi connectivity index (χ4n) is 1.83. The van der Waals surface area contributed by atoms with Crippen LogP contribution in [0.3, 0.4) is 0 Å². The molecule has 2 N–H and O–H groups in total. The molecule has 5 nitrogen and oxygen atoms in total. The summed E-state index contributed by atoms with van der Waals surface area (Å²) >= 11 is 3.33. The maximum atomic E-state index is 13.0. The first-order valence-corrected chi connectivity index (χ1v) is 6.30. The van der Waals surface area contributed by atoms with Gasteiger partial charge in [-0.1, -0.05) is 0 Å². The van der Waals surface area contributed by atoms with Crippen molar-refractivity contribution in [3.8, 4) is 11.3 Å². The van der Waals surface area contributed by atoms with Gasteiger partial charge in [-0.15, -0.1) is 0 Å². The fraction of sp³-hybridized carbons (Fsp3) is 0.0833. The standard InChI is InChI=1S/C12H9BrFN5/c1-6-16-12-9(7-2-4-8(14)5-3-7)17-11(15)10(13)19(12)18-6/h2-5H,15H2,1H3. The van der Waals surface area contributed by atoms with Crippen LogP contribution >= 0.6 is 15.9 Å². The molecule has 1 aromatic carbocycles. The molecule has 2 aromatic heterocycles. The monoisotopic (exact) mass is 321 g/mol. The van der Waals surface area contributed by atoms with Crippen LogP contribution in [-0.2, 0) is 0 Å². The minimum atomic E-state index is -0.303. The molecule has 2 heterocycles. The Hall–Kier alpha value is -2.02. The predicted octanol–water partition coefficient (Wildman–Crippen LogP) is 2.58. The van der Waals surface area contributed by atoms with E-state index < -0.39 is 0 Å². The van der Waals surface area contributed by atoms with Crippen molar-refractivity contribution in [3.63, 3.8) is 0 Å². The molecular weight excluding hydrogens is 313 g/mol. The van der Waals surface area contributed by atoms with Crippen molar-refractivity contribution in [1.82, 2.24) is 19.6 Å². The highest BCUT2D eigenvalue weighted by Crippen LogP contribution is 2.27. The zero-order valence-electron chi connectivity index (χ0n) is 9.93. The Labute approximate surface area is 116 Å². The van der Waals surface area contributed by atoms with Crippen LogP contribution < -0.4 is 5.73 Å². The molecule has 0 aliphatic rings. The molecule has 0 fully saturated rings. The predicted molar refractivity (Wildman–Crippen MR) is 73.0 cm³/mol. The summed E-state index contributed by atoms with van der Waals surface area (Å²) in [4.78, 5) is 8.62. The molecule has 3 aromatic rings. The molecule has 0 aliphatic heterocycles. The van der Waals surface area contributed by atoms with Gasteiger partial charge in [0.1, 0.15) is 17.3 Å². The van der Waals surface area contributed by atoms with E-state index in [0.29, 0.717) is 27.6 Å². The van der Waals surface area contributed by atoms with Crippen molar-refractivity contribution in [2.45, 2.75) is 6.92 Å². The fourth-order valence-corrected chi connectivity index (χ4v) is 2.17. The molecule has 0 atom stereocenters. The first kappa shape index (κ1) is 12.0. The van der Waals surface area contributed by atoms with Crippen LogP contribution in [0, 0.1) is 12.7 Å². The zero-order chi connectivity index (χ0) is 13.6. The minimum absolute atomic E-state index is 0.303. The van der Waals surface area contributed by atoms with Gasteiger partial charge >= 0.3 is 0 Å². The molecule has 0 saturated carbocycles. The van der Waals surface area contributed by atoms with E-state index in [2.05, 4.69) is 31.0 Å². The van der Waals surface area contributed by atoms with Crippen LogP contribution in [0.25, 0.3) is 16.9 Å². The van der Waals surface area contributed by atoms with Crippen LogP contribution in [0.5, 0.6) is 0 Å². The number of aromatic nitrogens is 4. The third-order valence-electron chi connectivity index (χ3n) is 2.67. The lowest BCUT2D eigenvalue weighted by molar-refractivity contribution is 0.628. The first-order valence-electron chi connectivity index (χ1n) is 5.50. The summed E-state index contributed by atoms with van der Waals surface area (Å²) < 4.78 is 15.1. The highest BCUT2D eigenvalue weighted by molar-refractivity contribution is 9.10. The average Bonchev–Trinajstić information content (AvgIpc) is 2.77. The summed E-state index contributed by atoms with van der Waals surface area (Å²) in [6.07, 6.45) is 0. The summed E-state index contributed by atoms with van der Waals surface area (Å²) in [5.41, 5.74) is 7.72. The van der Waals surface area contributed by atoms with Gasteiger partial charge in [0.2, 0.25) is 0 Å². The molecule has 19 heavy (non-hydrogen) atoms. The van der Waals surface area contributed by atoms with Gasteiger partial charge in [-0.25, -0.2) is 18.9 Å². The van der Waals surface area contributed by atoms with Gasteiger partial charge in [0.05, 0.1) is 0 Å². The van der Waals surface area contributed by atoms with Crippen LogP contribution in [0.1, 0.15) is 5.82 Å². The summed E-state index contributed by atoms with van der Waals surface area (Å²) in [5.74, 6) is 0.607. The van der Waals surface area contributed by atoms with E-state index in [1.807, 2.05) is 0 Å². The van der Waals surface area contributed by atoms with Crippen LogP contribution in [0.2, 0.25) is 0 Å². The summed E-state index contributed by atoms with van der Waals surface area (Å²) in [6.45, 7) is 1.78. The van der Waals surface area contributed by atoms with Crippen molar-refractivity contribution in [2.24, 2.45) is 0 Å². The van der Waals surface area contributed by atoms with Gasteiger partial charge in [0.25, 0.3) is 0 Å². The largest absolute Gasteiger partial charge is 0.381 e. The Morgan fingerprint density at radius 3 is 2.58 bits per heavy atom. The molecule has 0 saturated heterocycles. The van der Waals surface area contributed by atoms with Crippen molar-refractivity contribution < 1.29 is 4.39 Å².